The van der Waals surface area contributed by atoms with Crippen molar-refractivity contribution >= 4 is 11.6 Å². The van der Waals surface area contributed by atoms with E-state index in [9.17, 15) is 9.59 Å². The average molecular weight is 409 g/mol. The summed E-state index contributed by atoms with van der Waals surface area (Å²) < 4.78 is 0. The molecule has 0 radical (unpaired) electrons. The molecule has 0 aromatic heterocycles. The Balaban J connectivity index is 1.20. The maximum absolute atomic E-state index is 13.9. The number of hydrogen-bond acceptors (Lipinski definition) is 2. The molecular weight excluding hydrogens is 368 g/mol. The SMILES string of the molecule is O=C1C2CC3CCCCC3CC2C2C1CCC1C3CC4CCCCC4CC3C(=O)C12. The van der Waals surface area contributed by atoms with Crippen molar-refractivity contribution in [2.75, 3.05) is 0 Å². The van der Waals surface area contributed by atoms with Crippen LogP contribution in [-0.4, -0.2) is 11.6 Å². The standard InChI is InChI=1S/C28H40O2/c29-27-20-10-9-19-21-11-15-5-1-3-7-17(15)13-23(21)28(30)26(19)25(20)22-12-16-6-2-4-8-18(16)14-24(22)27/h15-26H,1-14H2. The van der Waals surface area contributed by atoms with Gasteiger partial charge in [-0.1, -0.05) is 51.4 Å². The predicted molar refractivity (Wildman–Crippen MR) is 117 cm³/mol. The molecule has 12 unspecified atom stereocenters. The van der Waals surface area contributed by atoms with Crippen molar-refractivity contribution < 1.29 is 9.59 Å². The molecule has 2 nitrogen and oxygen atoms in total. The molecule has 0 saturated heterocycles. The number of hydrogen-bond donors (Lipinski definition) is 0. The first kappa shape index (κ1) is 18.9. The van der Waals surface area contributed by atoms with Crippen molar-refractivity contribution in [3.63, 3.8) is 0 Å². The fourth-order valence-corrected chi connectivity index (χ4v) is 11.0. The molecule has 7 saturated carbocycles. The lowest BCUT2D eigenvalue weighted by Crippen LogP contribution is -2.40. The molecule has 7 aliphatic rings. The third-order valence-electron chi connectivity index (χ3n) is 12.1. The van der Waals surface area contributed by atoms with E-state index in [4.69, 9.17) is 0 Å². The van der Waals surface area contributed by atoms with E-state index in [1.165, 1.54) is 83.5 Å². The molecule has 0 heterocycles. The molecule has 0 aliphatic heterocycles. The van der Waals surface area contributed by atoms with E-state index in [0.29, 0.717) is 47.1 Å². The second-order valence-electron chi connectivity index (χ2n) is 12.8. The lowest BCUT2D eigenvalue weighted by molar-refractivity contribution is -0.130. The van der Waals surface area contributed by atoms with Crippen LogP contribution in [0.1, 0.15) is 89.9 Å². The highest BCUT2D eigenvalue weighted by Crippen LogP contribution is 2.65. The van der Waals surface area contributed by atoms with Crippen LogP contribution in [0, 0.1) is 71.0 Å². The van der Waals surface area contributed by atoms with E-state index in [1.54, 1.807) is 0 Å². The number of fused-ring (bicyclic) bond motifs is 9. The van der Waals surface area contributed by atoms with Crippen LogP contribution in [-0.2, 0) is 9.59 Å². The Morgan fingerprint density at radius 2 is 1.00 bits per heavy atom. The number of rotatable bonds is 0. The van der Waals surface area contributed by atoms with Crippen LogP contribution in [0.4, 0.5) is 0 Å². The predicted octanol–water partition coefficient (Wildman–Crippen LogP) is 6.08. The van der Waals surface area contributed by atoms with Crippen molar-refractivity contribution in [1.29, 1.82) is 0 Å². The maximum Gasteiger partial charge on any atom is 0.139 e. The number of carbonyl (C=O) groups excluding carboxylic acids is 2. The van der Waals surface area contributed by atoms with Gasteiger partial charge >= 0.3 is 0 Å². The first-order chi connectivity index (χ1) is 14.7. The van der Waals surface area contributed by atoms with E-state index in [2.05, 4.69) is 0 Å². The van der Waals surface area contributed by atoms with E-state index >= 15 is 0 Å². The van der Waals surface area contributed by atoms with Crippen molar-refractivity contribution in [1.82, 2.24) is 0 Å². The molecule has 0 N–H and O–H groups in total. The minimum Gasteiger partial charge on any atom is -0.299 e. The van der Waals surface area contributed by atoms with Gasteiger partial charge in [-0.3, -0.25) is 9.59 Å². The summed E-state index contributed by atoms with van der Waals surface area (Å²) >= 11 is 0. The first-order valence-corrected chi connectivity index (χ1v) is 13.8. The van der Waals surface area contributed by atoms with E-state index in [-0.39, 0.29) is 11.8 Å². The molecule has 7 fully saturated rings. The smallest absolute Gasteiger partial charge is 0.139 e. The third kappa shape index (κ3) is 2.54. The number of Topliss-reactive ketones (excluding diaryl/α,β-unsaturated/α-hetero) is 2. The lowest BCUT2D eigenvalue weighted by Gasteiger charge is -2.45. The molecule has 0 amide bonds. The fraction of sp³-hybridized carbons (Fsp3) is 0.929. The van der Waals surface area contributed by atoms with Gasteiger partial charge in [0.1, 0.15) is 11.6 Å². The Labute approximate surface area is 182 Å². The van der Waals surface area contributed by atoms with Gasteiger partial charge in [0, 0.05) is 23.7 Å². The largest absolute Gasteiger partial charge is 0.299 e. The zero-order valence-corrected chi connectivity index (χ0v) is 18.6. The van der Waals surface area contributed by atoms with Gasteiger partial charge in [-0.05, 0) is 85.9 Å². The van der Waals surface area contributed by atoms with Crippen molar-refractivity contribution in [3.05, 3.63) is 0 Å². The van der Waals surface area contributed by atoms with E-state index in [0.717, 1.165) is 30.1 Å². The zero-order valence-electron chi connectivity index (χ0n) is 18.6. The minimum absolute atomic E-state index is 0.257. The number of ketones is 2. The van der Waals surface area contributed by atoms with Crippen LogP contribution in [0.2, 0.25) is 0 Å². The van der Waals surface area contributed by atoms with Crippen molar-refractivity contribution in [3.8, 4) is 0 Å². The zero-order chi connectivity index (χ0) is 20.0. The normalized spacial score (nSPS) is 56.9. The van der Waals surface area contributed by atoms with Crippen molar-refractivity contribution in [2.24, 2.45) is 71.0 Å². The van der Waals surface area contributed by atoms with Crippen LogP contribution in [0.15, 0.2) is 0 Å². The molecule has 12 atom stereocenters. The van der Waals surface area contributed by atoms with E-state index in [1.807, 2.05) is 0 Å². The minimum atomic E-state index is 0.257. The molecule has 7 aliphatic carbocycles. The van der Waals surface area contributed by atoms with Crippen LogP contribution in [0.5, 0.6) is 0 Å². The van der Waals surface area contributed by atoms with Crippen LogP contribution < -0.4 is 0 Å². The van der Waals surface area contributed by atoms with Crippen LogP contribution in [0.3, 0.4) is 0 Å². The molecule has 7 rings (SSSR count). The Morgan fingerprint density at radius 1 is 0.467 bits per heavy atom. The average Bonchev–Trinajstić information content (AvgIpc) is 3.22. The second kappa shape index (κ2) is 6.92. The lowest BCUT2D eigenvalue weighted by atomic mass is 9.58. The Kier molecular flexibility index (Phi) is 4.35. The monoisotopic (exact) mass is 408 g/mol. The second-order valence-corrected chi connectivity index (χ2v) is 12.8. The third-order valence-corrected chi connectivity index (χ3v) is 12.1. The summed E-state index contributed by atoms with van der Waals surface area (Å²) in [6.07, 6.45) is 18.5. The summed E-state index contributed by atoms with van der Waals surface area (Å²) in [6, 6.07) is 0. The molecule has 2 heteroatoms. The molecule has 0 spiro atoms. The van der Waals surface area contributed by atoms with Gasteiger partial charge in [0.05, 0.1) is 0 Å². The topological polar surface area (TPSA) is 34.1 Å². The summed E-state index contributed by atoms with van der Waals surface area (Å²) in [5.41, 5.74) is 0. The van der Waals surface area contributed by atoms with Crippen molar-refractivity contribution in [2.45, 2.75) is 89.9 Å². The van der Waals surface area contributed by atoms with Gasteiger partial charge in [0.2, 0.25) is 0 Å². The molecular formula is C28H40O2. The highest BCUT2D eigenvalue weighted by atomic mass is 16.1. The first-order valence-electron chi connectivity index (χ1n) is 13.8. The summed E-state index contributed by atoms with van der Waals surface area (Å²) in [5, 5.41) is 0. The van der Waals surface area contributed by atoms with Gasteiger partial charge in [0.15, 0.2) is 0 Å². The maximum atomic E-state index is 13.9. The summed E-state index contributed by atoms with van der Waals surface area (Å²) in [7, 11) is 0. The molecule has 164 valence electrons. The van der Waals surface area contributed by atoms with Gasteiger partial charge in [0.25, 0.3) is 0 Å². The van der Waals surface area contributed by atoms with Crippen LogP contribution in [0.25, 0.3) is 0 Å². The van der Waals surface area contributed by atoms with Gasteiger partial charge in [-0.25, -0.2) is 0 Å². The van der Waals surface area contributed by atoms with E-state index < -0.39 is 0 Å². The molecule has 30 heavy (non-hydrogen) atoms. The summed E-state index contributed by atoms with van der Waals surface area (Å²) in [5.74, 6) is 8.30. The summed E-state index contributed by atoms with van der Waals surface area (Å²) in [6.45, 7) is 0. The Morgan fingerprint density at radius 3 is 1.63 bits per heavy atom. The quantitative estimate of drug-likeness (QED) is 0.487. The van der Waals surface area contributed by atoms with Gasteiger partial charge in [-0.15, -0.1) is 0 Å². The molecule has 0 aromatic rings. The molecule has 0 aromatic carbocycles. The molecule has 0 bridgehead atoms. The Hall–Kier alpha value is -0.660. The highest BCUT2D eigenvalue weighted by molar-refractivity contribution is 5.92. The fourth-order valence-electron chi connectivity index (χ4n) is 11.0. The number of carbonyl (C=O) groups is 2. The van der Waals surface area contributed by atoms with Crippen LogP contribution >= 0.6 is 0 Å². The van der Waals surface area contributed by atoms with Gasteiger partial charge < -0.3 is 0 Å². The highest BCUT2D eigenvalue weighted by Gasteiger charge is 2.64. The van der Waals surface area contributed by atoms with Gasteiger partial charge in [-0.2, -0.15) is 0 Å². The summed E-state index contributed by atoms with van der Waals surface area (Å²) in [4.78, 5) is 27.5. The Bertz CT molecular complexity index is 741.